The van der Waals surface area contributed by atoms with Gasteiger partial charge in [0, 0.05) is 13.5 Å². The van der Waals surface area contributed by atoms with Gasteiger partial charge in [-0.25, -0.2) is 0 Å². The molecule has 0 saturated carbocycles. The summed E-state index contributed by atoms with van der Waals surface area (Å²) in [5.74, 6) is 2.54. The number of benzene rings is 1. The Morgan fingerprint density at radius 2 is 2.00 bits per heavy atom. The maximum Gasteiger partial charge on any atom is 0.220 e. The second kappa shape index (κ2) is 6.92. The molecule has 2 aliphatic rings. The van der Waals surface area contributed by atoms with Crippen LogP contribution in [0.2, 0.25) is 0 Å². The molecule has 1 amide bonds. The van der Waals surface area contributed by atoms with Crippen LogP contribution in [0.15, 0.2) is 40.8 Å². The van der Waals surface area contributed by atoms with E-state index in [1.807, 2.05) is 13.0 Å². The first kappa shape index (κ1) is 17.3. The van der Waals surface area contributed by atoms with Crippen molar-refractivity contribution in [3.63, 3.8) is 0 Å². The minimum Gasteiger partial charge on any atom is -0.465 e. The van der Waals surface area contributed by atoms with Crippen molar-refractivity contribution >= 4 is 5.91 Å². The highest BCUT2D eigenvalue weighted by atomic mass is 16.3. The molecule has 2 heterocycles. The first-order valence-corrected chi connectivity index (χ1v) is 9.67. The van der Waals surface area contributed by atoms with Crippen LogP contribution in [-0.2, 0) is 16.8 Å². The minimum absolute atomic E-state index is 0.146. The summed E-state index contributed by atoms with van der Waals surface area (Å²) in [5, 5.41) is 2.79. The van der Waals surface area contributed by atoms with Gasteiger partial charge < -0.3 is 9.73 Å². The van der Waals surface area contributed by atoms with Gasteiger partial charge in [0.1, 0.15) is 11.5 Å². The fourth-order valence-corrected chi connectivity index (χ4v) is 4.94. The number of likely N-dealkylation sites (tertiary alicyclic amines) is 1. The molecule has 2 aromatic rings. The molecule has 1 aromatic carbocycles. The highest BCUT2D eigenvalue weighted by molar-refractivity contribution is 5.77. The molecule has 1 fully saturated rings. The summed E-state index contributed by atoms with van der Waals surface area (Å²) in [6, 6.07) is 12.9. The molecule has 1 aliphatic carbocycles. The molecular formula is C22H28N2O2. The lowest BCUT2D eigenvalue weighted by atomic mass is 9.73. The van der Waals surface area contributed by atoms with E-state index in [0.717, 1.165) is 50.4 Å². The lowest BCUT2D eigenvalue weighted by Gasteiger charge is -2.40. The number of furan rings is 1. The second-order valence-corrected chi connectivity index (χ2v) is 7.93. The summed E-state index contributed by atoms with van der Waals surface area (Å²) in [5.41, 5.74) is 3.12. The average molecular weight is 352 g/mol. The summed E-state index contributed by atoms with van der Waals surface area (Å²) < 4.78 is 5.75. The molecule has 1 aromatic heterocycles. The number of nitrogens with one attached hydrogen (secondary N) is 1. The molecule has 0 unspecified atom stereocenters. The van der Waals surface area contributed by atoms with Crippen LogP contribution in [0.3, 0.4) is 0 Å². The van der Waals surface area contributed by atoms with Crippen LogP contribution in [0.4, 0.5) is 0 Å². The Bertz CT molecular complexity index is 787. The SMILES string of the molecule is CNC(=O)C[C@@H]1CC2(CCN(Cc3ccc(C)o3)CC2)c2ccccc21. The number of fused-ring (bicyclic) bond motifs is 2. The number of carbonyl (C=O) groups excluding carboxylic acids is 1. The Kier molecular flexibility index (Phi) is 4.62. The number of hydrogen-bond acceptors (Lipinski definition) is 3. The van der Waals surface area contributed by atoms with Gasteiger partial charge in [0.2, 0.25) is 5.91 Å². The van der Waals surface area contributed by atoms with Crippen molar-refractivity contribution in [3.8, 4) is 0 Å². The van der Waals surface area contributed by atoms with Gasteiger partial charge in [-0.1, -0.05) is 24.3 Å². The first-order chi connectivity index (χ1) is 12.6. The molecule has 26 heavy (non-hydrogen) atoms. The second-order valence-electron chi connectivity index (χ2n) is 7.93. The summed E-state index contributed by atoms with van der Waals surface area (Å²) >= 11 is 0. The molecule has 4 heteroatoms. The van der Waals surface area contributed by atoms with E-state index in [9.17, 15) is 4.79 Å². The van der Waals surface area contributed by atoms with Gasteiger partial charge in [-0.3, -0.25) is 9.69 Å². The van der Waals surface area contributed by atoms with E-state index in [1.165, 1.54) is 11.1 Å². The molecule has 1 N–H and O–H groups in total. The monoisotopic (exact) mass is 352 g/mol. The molecule has 138 valence electrons. The molecule has 0 radical (unpaired) electrons. The minimum atomic E-state index is 0.146. The predicted molar refractivity (Wildman–Crippen MR) is 102 cm³/mol. The highest BCUT2D eigenvalue weighted by Gasteiger charge is 2.45. The van der Waals surface area contributed by atoms with E-state index in [-0.39, 0.29) is 11.3 Å². The van der Waals surface area contributed by atoms with Gasteiger partial charge in [0.25, 0.3) is 0 Å². The lowest BCUT2D eigenvalue weighted by molar-refractivity contribution is -0.121. The Balaban J connectivity index is 1.48. The van der Waals surface area contributed by atoms with Crippen LogP contribution in [0.1, 0.15) is 54.2 Å². The van der Waals surface area contributed by atoms with Crippen LogP contribution in [0.25, 0.3) is 0 Å². The first-order valence-electron chi connectivity index (χ1n) is 9.67. The summed E-state index contributed by atoms with van der Waals surface area (Å²) in [6.45, 7) is 5.06. The Hall–Kier alpha value is -2.07. The molecule has 1 saturated heterocycles. The van der Waals surface area contributed by atoms with Crippen LogP contribution < -0.4 is 5.32 Å². The molecule has 1 spiro atoms. The molecule has 1 aliphatic heterocycles. The van der Waals surface area contributed by atoms with Gasteiger partial charge in [-0.05, 0) is 73.9 Å². The number of nitrogens with zero attached hydrogens (tertiary/aromatic N) is 1. The quantitative estimate of drug-likeness (QED) is 0.912. The highest BCUT2D eigenvalue weighted by Crippen LogP contribution is 2.52. The van der Waals surface area contributed by atoms with Crippen molar-refractivity contribution < 1.29 is 9.21 Å². The Labute approximate surface area is 155 Å². The zero-order valence-electron chi connectivity index (χ0n) is 15.8. The van der Waals surface area contributed by atoms with E-state index in [1.54, 1.807) is 7.05 Å². The molecule has 4 nitrogen and oxygen atoms in total. The maximum absolute atomic E-state index is 12.0. The van der Waals surface area contributed by atoms with E-state index in [2.05, 4.69) is 40.5 Å². The molecular weight excluding hydrogens is 324 g/mol. The standard InChI is InChI=1S/C22H28N2O2/c1-16-7-8-18(26-16)15-24-11-9-22(10-12-24)14-17(13-21(25)23-2)19-5-3-4-6-20(19)22/h3-8,17H,9-15H2,1-2H3,(H,23,25)/t17-/m1/s1. The number of amides is 1. The fraction of sp³-hybridized carbons (Fsp3) is 0.500. The van der Waals surface area contributed by atoms with Crippen molar-refractivity contribution in [1.82, 2.24) is 10.2 Å². The Morgan fingerprint density at radius 3 is 2.69 bits per heavy atom. The summed E-state index contributed by atoms with van der Waals surface area (Å²) in [7, 11) is 1.73. The van der Waals surface area contributed by atoms with Crippen molar-refractivity contribution in [3.05, 3.63) is 59.0 Å². The van der Waals surface area contributed by atoms with Gasteiger partial charge in [0.05, 0.1) is 6.54 Å². The smallest absolute Gasteiger partial charge is 0.220 e. The van der Waals surface area contributed by atoms with Crippen LogP contribution in [0.5, 0.6) is 0 Å². The van der Waals surface area contributed by atoms with Crippen LogP contribution in [0, 0.1) is 6.92 Å². The number of aryl methyl sites for hydroxylation is 1. The molecule has 4 rings (SSSR count). The third kappa shape index (κ3) is 3.18. The maximum atomic E-state index is 12.0. The summed E-state index contributed by atoms with van der Waals surface area (Å²) in [6.07, 6.45) is 4.03. The largest absolute Gasteiger partial charge is 0.465 e. The fourth-order valence-electron chi connectivity index (χ4n) is 4.94. The van der Waals surface area contributed by atoms with Crippen molar-refractivity contribution in [2.45, 2.75) is 50.5 Å². The normalized spacial score (nSPS) is 21.7. The van der Waals surface area contributed by atoms with Crippen LogP contribution >= 0.6 is 0 Å². The summed E-state index contributed by atoms with van der Waals surface area (Å²) in [4.78, 5) is 14.5. The van der Waals surface area contributed by atoms with Crippen molar-refractivity contribution in [2.24, 2.45) is 0 Å². The van der Waals surface area contributed by atoms with Gasteiger partial charge in [-0.2, -0.15) is 0 Å². The van der Waals surface area contributed by atoms with Crippen molar-refractivity contribution in [1.29, 1.82) is 0 Å². The predicted octanol–water partition coefficient (Wildman–Crippen LogP) is 3.75. The molecule has 0 bridgehead atoms. The topological polar surface area (TPSA) is 45.5 Å². The number of hydrogen-bond donors (Lipinski definition) is 1. The third-order valence-electron chi connectivity index (χ3n) is 6.31. The lowest BCUT2D eigenvalue weighted by Crippen LogP contribution is -2.41. The third-order valence-corrected chi connectivity index (χ3v) is 6.31. The van der Waals surface area contributed by atoms with E-state index in [4.69, 9.17) is 4.42 Å². The van der Waals surface area contributed by atoms with Gasteiger partial charge in [-0.15, -0.1) is 0 Å². The van der Waals surface area contributed by atoms with Crippen LogP contribution in [-0.4, -0.2) is 30.9 Å². The number of rotatable bonds is 4. The van der Waals surface area contributed by atoms with Gasteiger partial charge in [0.15, 0.2) is 0 Å². The van der Waals surface area contributed by atoms with E-state index in [0.29, 0.717) is 12.3 Å². The average Bonchev–Trinajstić information content (AvgIpc) is 3.19. The zero-order chi connectivity index (χ0) is 18.1. The van der Waals surface area contributed by atoms with Gasteiger partial charge >= 0.3 is 0 Å². The van der Waals surface area contributed by atoms with Crippen molar-refractivity contribution in [2.75, 3.05) is 20.1 Å². The zero-order valence-corrected chi connectivity index (χ0v) is 15.8. The molecule has 1 atom stereocenters. The van der Waals surface area contributed by atoms with E-state index >= 15 is 0 Å². The van der Waals surface area contributed by atoms with E-state index < -0.39 is 0 Å². The Morgan fingerprint density at radius 1 is 1.23 bits per heavy atom. The number of carbonyl (C=O) groups is 1. The number of piperidine rings is 1.